The summed E-state index contributed by atoms with van der Waals surface area (Å²) in [6.07, 6.45) is 3.48. The van der Waals surface area contributed by atoms with Crippen molar-refractivity contribution in [3.63, 3.8) is 0 Å². The van der Waals surface area contributed by atoms with Crippen LogP contribution in [-0.2, 0) is 0 Å². The van der Waals surface area contributed by atoms with E-state index in [0.717, 1.165) is 30.9 Å². The van der Waals surface area contributed by atoms with Gasteiger partial charge in [0.25, 0.3) is 0 Å². The van der Waals surface area contributed by atoms with Crippen LogP contribution in [0.25, 0.3) is 0 Å². The summed E-state index contributed by atoms with van der Waals surface area (Å²) in [5.74, 6) is 0. The van der Waals surface area contributed by atoms with Crippen LogP contribution in [-0.4, -0.2) is 4.98 Å². The average Bonchev–Trinajstić information content (AvgIpc) is 2.29. The molecule has 0 bridgehead atoms. The first kappa shape index (κ1) is 12.9. The minimum absolute atomic E-state index is 0.737. The number of benzene rings is 1. The summed E-state index contributed by atoms with van der Waals surface area (Å²) in [6, 6.07) is 5.78. The van der Waals surface area contributed by atoms with Gasteiger partial charge in [-0.1, -0.05) is 11.6 Å². The smallest absolute Gasteiger partial charge is 0.0593 e. The third kappa shape index (κ3) is 3.00. The molecule has 0 aliphatic heterocycles. The van der Waals surface area contributed by atoms with E-state index in [9.17, 15) is 0 Å². The maximum absolute atomic E-state index is 6.11. The molecule has 0 saturated heterocycles. The summed E-state index contributed by atoms with van der Waals surface area (Å²) < 4.78 is 1.88. The SMILES string of the molecule is Cc1cc(Br)c(Nc2ccncc2Br)cc1Cl. The number of nitrogens with zero attached hydrogens (tertiary/aromatic N) is 1. The van der Waals surface area contributed by atoms with E-state index in [-0.39, 0.29) is 0 Å². The van der Waals surface area contributed by atoms with Gasteiger partial charge in [-0.2, -0.15) is 0 Å². The van der Waals surface area contributed by atoms with Crippen LogP contribution in [0.3, 0.4) is 0 Å². The van der Waals surface area contributed by atoms with Crippen molar-refractivity contribution in [2.75, 3.05) is 5.32 Å². The molecule has 0 fully saturated rings. The molecule has 5 heteroatoms. The molecular weight excluding hydrogens is 367 g/mol. The topological polar surface area (TPSA) is 24.9 Å². The van der Waals surface area contributed by atoms with Crippen LogP contribution in [0.4, 0.5) is 11.4 Å². The largest absolute Gasteiger partial charge is 0.354 e. The second-order valence-corrected chi connectivity index (χ2v) is 5.68. The lowest BCUT2D eigenvalue weighted by atomic mass is 10.2. The number of rotatable bonds is 2. The number of aryl methyl sites for hydroxylation is 1. The molecule has 0 spiro atoms. The molecule has 1 aromatic heterocycles. The van der Waals surface area contributed by atoms with Gasteiger partial charge in [0.2, 0.25) is 0 Å². The highest BCUT2D eigenvalue weighted by molar-refractivity contribution is 9.11. The van der Waals surface area contributed by atoms with Gasteiger partial charge in [-0.25, -0.2) is 0 Å². The second-order valence-electron chi connectivity index (χ2n) is 3.56. The summed E-state index contributed by atoms with van der Waals surface area (Å²) in [5.41, 5.74) is 2.91. The van der Waals surface area contributed by atoms with E-state index in [1.807, 2.05) is 25.1 Å². The van der Waals surface area contributed by atoms with Crippen molar-refractivity contribution in [1.29, 1.82) is 0 Å². The van der Waals surface area contributed by atoms with Crippen LogP contribution < -0.4 is 5.32 Å². The molecule has 17 heavy (non-hydrogen) atoms. The van der Waals surface area contributed by atoms with Crippen LogP contribution in [0.1, 0.15) is 5.56 Å². The van der Waals surface area contributed by atoms with E-state index in [1.165, 1.54) is 0 Å². The molecule has 0 amide bonds. The van der Waals surface area contributed by atoms with Gasteiger partial charge in [-0.05, 0) is 62.5 Å². The van der Waals surface area contributed by atoms with Crippen LogP contribution >= 0.6 is 43.5 Å². The fourth-order valence-corrected chi connectivity index (χ4v) is 2.43. The molecule has 0 unspecified atom stereocenters. The summed E-state index contributed by atoms with van der Waals surface area (Å²) in [5, 5.41) is 4.03. The Balaban J connectivity index is 2.37. The number of pyridine rings is 1. The number of nitrogens with one attached hydrogen (secondary N) is 1. The van der Waals surface area contributed by atoms with Gasteiger partial charge in [0.1, 0.15) is 0 Å². The van der Waals surface area contributed by atoms with Crippen LogP contribution in [0, 0.1) is 6.92 Å². The molecule has 88 valence electrons. The van der Waals surface area contributed by atoms with Crippen LogP contribution in [0.2, 0.25) is 5.02 Å². The van der Waals surface area contributed by atoms with Gasteiger partial charge in [-0.3, -0.25) is 4.98 Å². The summed E-state index contributed by atoms with van der Waals surface area (Å²) in [6.45, 7) is 1.97. The van der Waals surface area contributed by atoms with Crippen molar-refractivity contribution >= 4 is 54.8 Å². The van der Waals surface area contributed by atoms with E-state index in [4.69, 9.17) is 11.6 Å². The van der Waals surface area contributed by atoms with Gasteiger partial charge in [0.15, 0.2) is 0 Å². The minimum Gasteiger partial charge on any atom is -0.354 e. The lowest BCUT2D eigenvalue weighted by molar-refractivity contribution is 1.30. The Bertz CT molecular complexity index is 558. The predicted molar refractivity (Wildman–Crippen MR) is 79.1 cm³/mol. The van der Waals surface area contributed by atoms with Crippen molar-refractivity contribution < 1.29 is 0 Å². The quantitative estimate of drug-likeness (QED) is 0.768. The van der Waals surface area contributed by atoms with Gasteiger partial charge in [0, 0.05) is 21.9 Å². The van der Waals surface area contributed by atoms with E-state index >= 15 is 0 Å². The Labute approximate surface area is 122 Å². The fraction of sp³-hybridized carbons (Fsp3) is 0.0833. The Hall–Kier alpha value is -0.580. The molecule has 2 nitrogen and oxygen atoms in total. The molecular formula is C12H9Br2ClN2. The van der Waals surface area contributed by atoms with E-state index in [2.05, 4.69) is 42.2 Å². The van der Waals surface area contributed by atoms with Crippen LogP contribution in [0.5, 0.6) is 0 Å². The monoisotopic (exact) mass is 374 g/mol. The van der Waals surface area contributed by atoms with Gasteiger partial charge >= 0.3 is 0 Å². The first-order valence-electron chi connectivity index (χ1n) is 4.90. The number of hydrogen-bond acceptors (Lipinski definition) is 2. The number of aromatic nitrogens is 1. The Morgan fingerprint density at radius 2 is 1.94 bits per heavy atom. The summed E-state index contributed by atoms with van der Waals surface area (Å²) in [7, 11) is 0. The number of hydrogen-bond donors (Lipinski definition) is 1. The minimum atomic E-state index is 0.737. The second kappa shape index (κ2) is 5.38. The Kier molecular flexibility index (Phi) is 4.07. The molecule has 1 heterocycles. The normalized spacial score (nSPS) is 10.4. The molecule has 1 N–H and O–H groups in total. The zero-order chi connectivity index (χ0) is 12.4. The van der Waals surface area contributed by atoms with Crippen molar-refractivity contribution in [3.05, 3.63) is 50.1 Å². The lowest BCUT2D eigenvalue weighted by Crippen LogP contribution is -1.93. The molecule has 2 aromatic rings. The maximum Gasteiger partial charge on any atom is 0.0593 e. The van der Waals surface area contributed by atoms with Crippen molar-refractivity contribution in [1.82, 2.24) is 4.98 Å². The van der Waals surface area contributed by atoms with Gasteiger partial charge < -0.3 is 5.32 Å². The van der Waals surface area contributed by atoms with E-state index < -0.39 is 0 Å². The predicted octanol–water partition coefficient (Wildman–Crippen LogP) is 5.31. The van der Waals surface area contributed by atoms with Crippen molar-refractivity contribution in [3.8, 4) is 0 Å². The molecule has 0 aliphatic rings. The summed E-state index contributed by atoms with van der Waals surface area (Å²) in [4.78, 5) is 4.02. The molecule has 0 radical (unpaired) electrons. The fourth-order valence-electron chi connectivity index (χ4n) is 1.36. The molecule has 0 aliphatic carbocycles. The van der Waals surface area contributed by atoms with Crippen molar-refractivity contribution in [2.24, 2.45) is 0 Å². The highest BCUT2D eigenvalue weighted by Crippen LogP contribution is 2.33. The third-order valence-electron chi connectivity index (χ3n) is 2.29. The van der Waals surface area contributed by atoms with Crippen molar-refractivity contribution in [2.45, 2.75) is 6.92 Å². The molecule has 2 rings (SSSR count). The van der Waals surface area contributed by atoms with E-state index in [0.29, 0.717) is 0 Å². The Morgan fingerprint density at radius 1 is 1.18 bits per heavy atom. The van der Waals surface area contributed by atoms with E-state index in [1.54, 1.807) is 12.4 Å². The zero-order valence-electron chi connectivity index (χ0n) is 8.97. The standard InChI is InChI=1S/C12H9Br2ClN2/c1-7-4-8(13)12(5-10(7)15)17-11-2-3-16-6-9(11)14/h2-6H,1H3,(H,16,17). The van der Waals surface area contributed by atoms with Crippen LogP contribution in [0.15, 0.2) is 39.5 Å². The van der Waals surface area contributed by atoms with Gasteiger partial charge in [0.05, 0.1) is 15.8 Å². The maximum atomic E-state index is 6.11. The molecule has 0 saturated carbocycles. The third-order valence-corrected chi connectivity index (χ3v) is 3.99. The highest BCUT2D eigenvalue weighted by atomic mass is 79.9. The molecule has 0 atom stereocenters. The number of halogens is 3. The average molecular weight is 376 g/mol. The number of anilines is 2. The zero-order valence-corrected chi connectivity index (χ0v) is 12.9. The van der Waals surface area contributed by atoms with Gasteiger partial charge in [-0.15, -0.1) is 0 Å². The highest BCUT2D eigenvalue weighted by Gasteiger charge is 2.06. The first-order chi connectivity index (χ1) is 8.08. The Morgan fingerprint density at radius 3 is 2.65 bits per heavy atom. The summed E-state index contributed by atoms with van der Waals surface area (Å²) >= 11 is 13.1. The molecule has 1 aromatic carbocycles. The lowest BCUT2D eigenvalue weighted by Gasteiger charge is -2.11. The first-order valence-corrected chi connectivity index (χ1v) is 6.86.